The Morgan fingerprint density at radius 3 is 2.21 bits per heavy atom. The zero-order valence-electron chi connectivity index (χ0n) is 21.7. The monoisotopic (exact) mass is 531 g/mol. The normalized spacial score (nSPS) is 18.4. The number of benzene rings is 2. The van der Waals surface area contributed by atoms with Crippen LogP contribution < -0.4 is 33.9 Å². The van der Waals surface area contributed by atoms with Gasteiger partial charge in [0.15, 0.2) is 0 Å². The Bertz CT molecular complexity index is 1320. The van der Waals surface area contributed by atoms with Gasteiger partial charge in [-0.15, -0.1) is 0 Å². The molecule has 2 aliphatic rings. The van der Waals surface area contributed by atoms with E-state index in [0.29, 0.717) is 36.9 Å². The third kappa shape index (κ3) is 5.14. The summed E-state index contributed by atoms with van der Waals surface area (Å²) in [6, 6.07) is 11.8. The molecule has 2 aromatic rings. The van der Waals surface area contributed by atoms with Gasteiger partial charge < -0.3 is 27.4 Å². The number of hydrazine groups is 1. The van der Waals surface area contributed by atoms with Gasteiger partial charge >= 0.3 is 0 Å². The Morgan fingerprint density at radius 2 is 1.69 bits per heavy atom. The van der Waals surface area contributed by atoms with Gasteiger partial charge in [0.05, 0.1) is 18.0 Å². The number of hydrogen-bond acceptors (Lipinski definition) is 8. The summed E-state index contributed by atoms with van der Waals surface area (Å²) >= 11 is 0. The number of rotatable bonds is 9. The number of carbonyl (C=O) groups is 3. The molecule has 1 aliphatic carbocycles. The zero-order chi connectivity index (χ0) is 28.3. The van der Waals surface area contributed by atoms with Gasteiger partial charge in [0, 0.05) is 23.7 Å². The second kappa shape index (κ2) is 11.1. The van der Waals surface area contributed by atoms with Crippen LogP contribution in [0.3, 0.4) is 0 Å². The van der Waals surface area contributed by atoms with E-state index in [-0.39, 0.29) is 24.3 Å². The van der Waals surface area contributed by atoms with Gasteiger partial charge in [-0.2, -0.15) is 10.4 Å². The second-order valence-corrected chi connectivity index (χ2v) is 10.0. The van der Waals surface area contributed by atoms with Gasteiger partial charge in [-0.1, -0.05) is 12.1 Å². The molecule has 1 fully saturated rings. The van der Waals surface area contributed by atoms with Gasteiger partial charge in [-0.05, 0) is 79.1 Å². The van der Waals surface area contributed by atoms with Crippen molar-refractivity contribution >= 4 is 23.6 Å². The van der Waals surface area contributed by atoms with Gasteiger partial charge in [0.2, 0.25) is 17.7 Å². The first-order valence-corrected chi connectivity index (χ1v) is 12.7. The fourth-order valence-corrected chi connectivity index (χ4v) is 5.83. The molecule has 0 saturated carbocycles. The highest BCUT2D eigenvalue weighted by molar-refractivity contribution is 5.99. The molecule has 2 atom stereocenters. The molecule has 4 rings (SSSR count). The van der Waals surface area contributed by atoms with Crippen molar-refractivity contribution in [3.8, 4) is 6.07 Å². The van der Waals surface area contributed by atoms with E-state index < -0.39 is 23.3 Å². The minimum Gasteiger partial charge on any atom is -0.385 e. The van der Waals surface area contributed by atoms with Gasteiger partial charge in [0.1, 0.15) is 11.9 Å². The zero-order valence-corrected chi connectivity index (χ0v) is 21.7. The minimum atomic E-state index is -1.04. The Hall–Kier alpha value is -4.47. The highest BCUT2D eigenvalue weighted by Crippen LogP contribution is 2.45. The van der Waals surface area contributed by atoms with E-state index in [2.05, 4.69) is 22.0 Å². The molecule has 0 aromatic heterocycles. The number of fused-ring (bicyclic) bond motifs is 2. The average Bonchev–Trinajstić information content (AvgIpc) is 3.40. The summed E-state index contributed by atoms with van der Waals surface area (Å²) in [5.74, 6) is 4.43. The van der Waals surface area contributed by atoms with E-state index in [1.165, 1.54) is 0 Å². The molecule has 2 aromatic carbocycles. The number of carbonyl (C=O) groups excluding carboxylic acids is 3. The lowest BCUT2D eigenvalue weighted by atomic mass is 9.62. The molecule has 0 bridgehead atoms. The molecule has 12 heteroatoms. The highest BCUT2D eigenvalue weighted by atomic mass is 16.2. The quantitative estimate of drug-likeness (QED) is 0.109. The standard InChI is InChI=1S/C27H33N9O3/c1-15(33-14-23(37)36-8-2-3-20(36)13-28)12-27(26(31)34-35-32)21-6-4-16(24(29)38)9-18(21)11-19-10-17(25(30)39)5-7-22(19)27/h4-7,9-10,15,20,33,35H,2-3,8,11-12,14,32H2,1H3,(H2,29,38)(H2,30,39)(H2,31,34)/t15?,20-/m0/s1. The maximum atomic E-state index is 12.9. The van der Waals surface area contributed by atoms with Crippen molar-refractivity contribution in [1.82, 2.24) is 15.8 Å². The summed E-state index contributed by atoms with van der Waals surface area (Å²) < 4.78 is 0. The van der Waals surface area contributed by atoms with E-state index >= 15 is 0 Å². The van der Waals surface area contributed by atoms with Crippen LogP contribution >= 0.6 is 0 Å². The molecule has 39 heavy (non-hydrogen) atoms. The molecule has 12 nitrogen and oxygen atoms in total. The topological polar surface area (TPSA) is 219 Å². The Balaban J connectivity index is 1.77. The van der Waals surface area contributed by atoms with Crippen LogP contribution in [0.25, 0.3) is 0 Å². The van der Waals surface area contributed by atoms with Crippen molar-refractivity contribution < 1.29 is 14.4 Å². The maximum Gasteiger partial charge on any atom is 0.248 e. The van der Waals surface area contributed by atoms with Crippen molar-refractivity contribution in [2.24, 2.45) is 28.1 Å². The summed E-state index contributed by atoms with van der Waals surface area (Å²) in [5, 5.41) is 16.8. The van der Waals surface area contributed by atoms with Gasteiger partial charge in [-0.25, -0.2) is 11.4 Å². The number of primary amides is 2. The number of hydrazone groups is 1. The third-order valence-electron chi connectivity index (χ3n) is 7.64. The lowest BCUT2D eigenvalue weighted by Crippen LogP contribution is -2.51. The molecular formula is C27H33N9O3. The number of nitrogens with zero attached hydrogens (tertiary/aromatic N) is 3. The van der Waals surface area contributed by atoms with Crippen molar-refractivity contribution in [1.29, 1.82) is 5.26 Å². The Morgan fingerprint density at radius 1 is 1.10 bits per heavy atom. The van der Waals surface area contributed by atoms with E-state index in [1.807, 2.05) is 6.92 Å². The largest absolute Gasteiger partial charge is 0.385 e. The smallest absolute Gasteiger partial charge is 0.248 e. The number of likely N-dealkylation sites (tertiary alicyclic amines) is 1. The van der Waals surface area contributed by atoms with Crippen molar-refractivity contribution in [3.05, 3.63) is 69.8 Å². The van der Waals surface area contributed by atoms with E-state index in [0.717, 1.165) is 28.7 Å². The number of hydrogen-bond donors (Lipinski definition) is 6. The van der Waals surface area contributed by atoms with Crippen molar-refractivity contribution in [3.63, 3.8) is 0 Å². The molecule has 1 heterocycles. The molecule has 1 saturated heterocycles. The van der Waals surface area contributed by atoms with Crippen LogP contribution in [0.15, 0.2) is 41.5 Å². The third-order valence-corrected chi connectivity index (χ3v) is 7.64. The van der Waals surface area contributed by atoms with Crippen LogP contribution in [0.1, 0.15) is 69.2 Å². The summed E-state index contributed by atoms with van der Waals surface area (Å²) in [5.41, 5.74) is 22.8. The van der Waals surface area contributed by atoms with E-state index in [1.54, 1.807) is 41.3 Å². The molecule has 0 radical (unpaired) electrons. The number of amidine groups is 1. The maximum absolute atomic E-state index is 12.9. The number of nitrogens with one attached hydrogen (secondary N) is 2. The lowest BCUT2D eigenvalue weighted by molar-refractivity contribution is -0.130. The predicted molar refractivity (Wildman–Crippen MR) is 145 cm³/mol. The van der Waals surface area contributed by atoms with Gasteiger partial charge in [-0.3, -0.25) is 14.4 Å². The highest BCUT2D eigenvalue weighted by Gasteiger charge is 2.45. The molecule has 0 spiro atoms. The average molecular weight is 532 g/mol. The van der Waals surface area contributed by atoms with Crippen LogP contribution in [0.2, 0.25) is 0 Å². The van der Waals surface area contributed by atoms with Gasteiger partial charge in [0.25, 0.3) is 0 Å². The number of nitrogens with two attached hydrogens (primary N) is 4. The molecule has 1 aliphatic heterocycles. The second-order valence-electron chi connectivity index (χ2n) is 10.0. The van der Waals surface area contributed by atoms with Crippen molar-refractivity contribution in [2.75, 3.05) is 13.1 Å². The fraction of sp³-hybridized carbons (Fsp3) is 0.370. The lowest BCUT2D eigenvalue weighted by Gasteiger charge is -2.42. The van der Waals surface area contributed by atoms with Crippen LogP contribution in [-0.4, -0.2) is 53.6 Å². The SMILES string of the molecule is CC(CC1(/C(N)=N/NN)c2ccc(C(N)=O)cc2Cc2cc(C(N)=O)ccc21)NCC(=O)N1CCC[C@H]1C#N. The first-order chi connectivity index (χ1) is 18.6. The predicted octanol–water partition coefficient (Wildman–Crippen LogP) is -0.307. The fourth-order valence-electron chi connectivity index (χ4n) is 5.83. The van der Waals surface area contributed by atoms with Crippen molar-refractivity contribution in [2.45, 2.75) is 50.1 Å². The number of amides is 3. The minimum absolute atomic E-state index is 0.0442. The van der Waals surface area contributed by atoms with Crippen LogP contribution in [0.5, 0.6) is 0 Å². The molecular weight excluding hydrogens is 498 g/mol. The first kappa shape index (κ1) is 27.6. The van der Waals surface area contributed by atoms with Crippen LogP contribution in [-0.2, 0) is 16.6 Å². The summed E-state index contributed by atoms with van der Waals surface area (Å²) in [4.78, 5) is 38.4. The van der Waals surface area contributed by atoms with Crippen LogP contribution in [0, 0.1) is 11.3 Å². The molecule has 1 unspecified atom stereocenters. The van der Waals surface area contributed by atoms with Crippen LogP contribution in [0.4, 0.5) is 0 Å². The first-order valence-electron chi connectivity index (χ1n) is 12.7. The summed E-state index contributed by atoms with van der Waals surface area (Å²) in [6.45, 7) is 2.53. The Kier molecular flexibility index (Phi) is 7.85. The summed E-state index contributed by atoms with van der Waals surface area (Å²) in [7, 11) is 0. The summed E-state index contributed by atoms with van der Waals surface area (Å²) in [6.07, 6.45) is 2.23. The number of nitriles is 1. The Labute approximate surface area is 226 Å². The molecule has 3 amide bonds. The molecule has 204 valence electrons. The molecule has 10 N–H and O–H groups in total. The van der Waals surface area contributed by atoms with E-state index in [9.17, 15) is 19.6 Å². The van der Waals surface area contributed by atoms with E-state index in [4.69, 9.17) is 23.0 Å².